The van der Waals surface area contributed by atoms with E-state index in [1.165, 1.54) is 0 Å². The molecule has 1 aromatic rings. The van der Waals surface area contributed by atoms with Crippen LogP contribution in [0.2, 0.25) is 0 Å². The summed E-state index contributed by atoms with van der Waals surface area (Å²) in [4.78, 5) is 13.8. The normalized spacial score (nSPS) is 12.0. The van der Waals surface area contributed by atoms with E-state index in [1.807, 2.05) is 39.8 Å². The Kier molecular flexibility index (Phi) is 5.83. The van der Waals surface area contributed by atoms with Crippen LogP contribution in [0, 0.1) is 0 Å². The number of carbonyl (C=O) groups excluding carboxylic acids is 1. The van der Waals surface area contributed by atoms with Crippen LogP contribution < -0.4 is 10.1 Å². The molecule has 2 amide bonds. The first-order valence-electron chi connectivity index (χ1n) is 7.57. The summed E-state index contributed by atoms with van der Waals surface area (Å²) < 4.78 is 5.74. The number of nitrogens with one attached hydrogen (secondary N) is 1. The van der Waals surface area contributed by atoms with Crippen molar-refractivity contribution in [1.82, 2.24) is 4.90 Å². The summed E-state index contributed by atoms with van der Waals surface area (Å²) in [5.41, 5.74) is -0.478. The third kappa shape index (κ3) is 6.80. The van der Waals surface area contributed by atoms with Crippen LogP contribution in [-0.2, 0) is 0 Å². The molecule has 0 saturated carbocycles. The van der Waals surface area contributed by atoms with E-state index < -0.39 is 5.60 Å². The summed E-state index contributed by atoms with van der Waals surface area (Å²) in [6.07, 6.45) is 0. The summed E-state index contributed by atoms with van der Waals surface area (Å²) in [5, 5.41) is 12.7. The molecule has 0 bridgehead atoms. The molecule has 0 aliphatic carbocycles. The molecule has 0 unspecified atom stereocenters. The number of amides is 2. The molecular formula is C17H28N2O3. The maximum Gasteiger partial charge on any atom is 0.321 e. The van der Waals surface area contributed by atoms with Crippen molar-refractivity contribution < 1.29 is 14.6 Å². The Balaban J connectivity index is 2.68. The molecule has 2 N–H and O–H groups in total. The van der Waals surface area contributed by atoms with Crippen LogP contribution in [0.4, 0.5) is 10.5 Å². The van der Waals surface area contributed by atoms with E-state index in [1.54, 1.807) is 30.9 Å². The lowest BCUT2D eigenvalue weighted by atomic mass is 10.1. The highest BCUT2D eigenvalue weighted by Gasteiger charge is 2.21. The fourth-order valence-corrected chi connectivity index (χ4v) is 1.96. The first-order valence-corrected chi connectivity index (χ1v) is 7.57. The Hall–Kier alpha value is -1.75. The van der Waals surface area contributed by atoms with Crippen LogP contribution in [0.25, 0.3) is 0 Å². The van der Waals surface area contributed by atoms with Gasteiger partial charge in [-0.1, -0.05) is 0 Å². The predicted octanol–water partition coefficient (Wildman–Crippen LogP) is 3.49. The van der Waals surface area contributed by atoms with Crippen molar-refractivity contribution in [2.24, 2.45) is 0 Å². The van der Waals surface area contributed by atoms with Gasteiger partial charge in [0, 0.05) is 12.2 Å². The number of hydrogen-bond acceptors (Lipinski definition) is 3. The minimum Gasteiger partial charge on any atom is -0.488 e. The van der Waals surface area contributed by atoms with E-state index in [0.29, 0.717) is 12.2 Å². The molecule has 0 radical (unpaired) electrons. The summed E-state index contributed by atoms with van der Waals surface area (Å²) in [7, 11) is 0. The van der Waals surface area contributed by atoms with Gasteiger partial charge in [-0.15, -0.1) is 0 Å². The molecule has 0 aromatic heterocycles. The minimum atomic E-state index is -0.919. The van der Waals surface area contributed by atoms with Gasteiger partial charge in [0.15, 0.2) is 0 Å². The Morgan fingerprint density at radius 2 is 1.73 bits per heavy atom. The summed E-state index contributed by atoms with van der Waals surface area (Å²) >= 11 is 0. The number of carbonyl (C=O) groups is 1. The molecular weight excluding hydrogens is 280 g/mol. The lowest BCUT2D eigenvalue weighted by Crippen LogP contribution is -2.44. The highest BCUT2D eigenvalue weighted by molar-refractivity contribution is 5.89. The Morgan fingerprint density at radius 3 is 2.14 bits per heavy atom. The zero-order valence-electron chi connectivity index (χ0n) is 14.4. The van der Waals surface area contributed by atoms with E-state index in [0.717, 1.165) is 5.75 Å². The van der Waals surface area contributed by atoms with Gasteiger partial charge >= 0.3 is 6.03 Å². The van der Waals surface area contributed by atoms with Crippen molar-refractivity contribution >= 4 is 11.7 Å². The van der Waals surface area contributed by atoms with Crippen LogP contribution in [0.3, 0.4) is 0 Å². The first-order chi connectivity index (χ1) is 10.00. The van der Waals surface area contributed by atoms with Gasteiger partial charge in [-0.3, -0.25) is 0 Å². The third-order valence-corrected chi connectivity index (χ3v) is 2.78. The number of hydrogen-bond donors (Lipinski definition) is 2. The van der Waals surface area contributed by atoms with E-state index >= 15 is 0 Å². The number of benzene rings is 1. The molecule has 0 aliphatic rings. The average Bonchev–Trinajstić information content (AvgIpc) is 2.35. The van der Waals surface area contributed by atoms with Crippen LogP contribution >= 0.6 is 0 Å². The molecule has 22 heavy (non-hydrogen) atoms. The molecule has 0 heterocycles. The maximum absolute atomic E-state index is 12.2. The third-order valence-electron chi connectivity index (χ3n) is 2.78. The lowest BCUT2D eigenvalue weighted by Gasteiger charge is -2.28. The molecule has 0 saturated heterocycles. The van der Waals surface area contributed by atoms with Gasteiger partial charge in [0.25, 0.3) is 0 Å². The number of rotatable bonds is 5. The average molecular weight is 308 g/mol. The Bertz CT molecular complexity index is 484. The molecule has 1 rings (SSSR count). The van der Waals surface area contributed by atoms with Gasteiger partial charge in [-0.05, 0) is 65.8 Å². The van der Waals surface area contributed by atoms with E-state index in [2.05, 4.69) is 5.32 Å². The smallest absolute Gasteiger partial charge is 0.321 e. The Morgan fingerprint density at radius 1 is 1.18 bits per heavy atom. The van der Waals surface area contributed by atoms with E-state index in [4.69, 9.17) is 4.74 Å². The number of urea groups is 1. The van der Waals surface area contributed by atoms with Gasteiger partial charge in [-0.25, -0.2) is 4.79 Å². The monoisotopic (exact) mass is 308 g/mol. The van der Waals surface area contributed by atoms with Crippen LogP contribution in [0.5, 0.6) is 5.75 Å². The van der Waals surface area contributed by atoms with Crippen LogP contribution in [-0.4, -0.2) is 40.3 Å². The number of aliphatic hydroxyl groups is 1. The highest BCUT2D eigenvalue weighted by Crippen LogP contribution is 2.20. The highest BCUT2D eigenvalue weighted by atomic mass is 16.5. The fourth-order valence-electron chi connectivity index (χ4n) is 1.96. The SMILES string of the molecule is CCN(CC(C)(C)O)C(=O)Nc1ccc(OC(C)(C)C)cc1. The largest absolute Gasteiger partial charge is 0.488 e. The van der Waals surface area contributed by atoms with Crippen molar-refractivity contribution in [2.75, 3.05) is 18.4 Å². The van der Waals surface area contributed by atoms with Gasteiger partial charge in [0.05, 0.1) is 12.1 Å². The summed E-state index contributed by atoms with van der Waals surface area (Å²) in [5.74, 6) is 0.759. The van der Waals surface area contributed by atoms with Gasteiger partial charge in [-0.2, -0.15) is 0 Å². The van der Waals surface area contributed by atoms with Crippen molar-refractivity contribution in [3.63, 3.8) is 0 Å². The predicted molar refractivity (Wildman–Crippen MR) is 89.4 cm³/mol. The zero-order chi connectivity index (χ0) is 17.0. The number of anilines is 1. The molecule has 0 fully saturated rings. The van der Waals surface area contributed by atoms with Gasteiger partial charge in [0.2, 0.25) is 0 Å². The van der Waals surface area contributed by atoms with Gasteiger partial charge < -0.3 is 20.1 Å². The van der Waals surface area contributed by atoms with Crippen molar-refractivity contribution in [1.29, 1.82) is 0 Å². The maximum atomic E-state index is 12.2. The van der Waals surface area contributed by atoms with Gasteiger partial charge in [0.1, 0.15) is 11.4 Å². The van der Waals surface area contributed by atoms with Crippen molar-refractivity contribution in [3.05, 3.63) is 24.3 Å². The van der Waals surface area contributed by atoms with Crippen molar-refractivity contribution in [2.45, 2.75) is 52.7 Å². The zero-order valence-corrected chi connectivity index (χ0v) is 14.4. The number of likely N-dealkylation sites (N-methyl/N-ethyl adjacent to an activating group) is 1. The minimum absolute atomic E-state index is 0.228. The lowest BCUT2D eigenvalue weighted by molar-refractivity contribution is 0.0501. The first kappa shape index (κ1) is 18.3. The number of nitrogens with zero attached hydrogens (tertiary/aromatic N) is 1. The molecule has 5 nitrogen and oxygen atoms in total. The number of ether oxygens (including phenoxy) is 1. The van der Waals surface area contributed by atoms with Crippen LogP contribution in [0.1, 0.15) is 41.5 Å². The van der Waals surface area contributed by atoms with Crippen LogP contribution in [0.15, 0.2) is 24.3 Å². The molecule has 0 spiro atoms. The molecule has 0 atom stereocenters. The topological polar surface area (TPSA) is 61.8 Å². The van der Waals surface area contributed by atoms with E-state index in [-0.39, 0.29) is 18.2 Å². The second-order valence-electron chi connectivity index (χ2n) is 7.00. The fraction of sp³-hybridized carbons (Fsp3) is 0.588. The Labute approximate surface area is 133 Å². The molecule has 0 aliphatic heterocycles. The second kappa shape index (κ2) is 7.01. The quantitative estimate of drug-likeness (QED) is 0.875. The molecule has 5 heteroatoms. The van der Waals surface area contributed by atoms with E-state index in [9.17, 15) is 9.90 Å². The molecule has 1 aromatic carbocycles. The standard InChI is InChI=1S/C17H28N2O3/c1-7-19(12-17(5,6)21)15(20)18-13-8-10-14(11-9-13)22-16(2,3)4/h8-11,21H,7,12H2,1-6H3,(H,18,20). The summed E-state index contributed by atoms with van der Waals surface area (Å²) in [6.45, 7) is 12.0. The summed E-state index contributed by atoms with van der Waals surface area (Å²) in [6, 6.07) is 7.03. The van der Waals surface area contributed by atoms with Crippen molar-refractivity contribution in [3.8, 4) is 5.75 Å². The second-order valence-corrected chi connectivity index (χ2v) is 7.00. The molecule has 124 valence electrons.